The standard InChI is InChI=1S/C15H28N2O3/c1-12-7-9-15(10-8-12,14(19)20)17-13(18)6-4-2-3-5-11-16/h12H,2-11,16H2,1H3,(H,17,18)(H,19,20). The van der Waals surface area contributed by atoms with Gasteiger partial charge in [-0.05, 0) is 51.0 Å². The highest BCUT2D eigenvalue weighted by Crippen LogP contribution is 2.32. The monoisotopic (exact) mass is 284 g/mol. The number of nitrogens with one attached hydrogen (secondary N) is 1. The van der Waals surface area contributed by atoms with Gasteiger partial charge < -0.3 is 16.2 Å². The van der Waals surface area contributed by atoms with Gasteiger partial charge in [0, 0.05) is 6.42 Å². The molecule has 1 aliphatic carbocycles. The van der Waals surface area contributed by atoms with Gasteiger partial charge in [0.1, 0.15) is 5.54 Å². The summed E-state index contributed by atoms with van der Waals surface area (Å²) >= 11 is 0. The van der Waals surface area contributed by atoms with Crippen LogP contribution in [0.1, 0.15) is 64.7 Å². The Hall–Kier alpha value is -1.10. The Morgan fingerprint density at radius 2 is 1.80 bits per heavy atom. The molecule has 5 heteroatoms. The molecule has 1 saturated carbocycles. The van der Waals surface area contributed by atoms with E-state index in [0.29, 0.717) is 31.7 Å². The molecule has 0 radical (unpaired) electrons. The highest BCUT2D eigenvalue weighted by Gasteiger charge is 2.42. The molecule has 1 amide bonds. The van der Waals surface area contributed by atoms with E-state index in [1.807, 2.05) is 0 Å². The van der Waals surface area contributed by atoms with Crippen molar-refractivity contribution in [3.8, 4) is 0 Å². The van der Waals surface area contributed by atoms with Crippen molar-refractivity contribution in [2.75, 3.05) is 6.54 Å². The van der Waals surface area contributed by atoms with E-state index in [0.717, 1.165) is 38.5 Å². The molecule has 5 nitrogen and oxygen atoms in total. The number of rotatable bonds is 8. The number of hydrogen-bond acceptors (Lipinski definition) is 3. The minimum absolute atomic E-state index is 0.130. The number of aliphatic carboxylic acids is 1. The lowest BCUT2D eigenvalue weighted by Crippen LogP contribution is -2.56. The zero-order chi connectivity index (χ0) is 15.0. The number of amides is 1. The molecule has 116 valence electrons. The van der Waals surface area contributed by atoms with Gasteiger partial charge >= 0.3 is 5.97 Å². The molecule has 0 bridgehead atoms. The minimum Gasteiger partial charge on any atom is -0.480 e. The average Bonchev–Trinajstić information content (AvgIpc) is 2.41. The minimum atomic E-state index is -1.03. The van der Waals surface area contributed by atoms with Gasteiger partial charge in [0.05, 0.1) is 0 Å². The molecular weight excluding hydrogens is 256 g/mol. The molecule has 0 unspecified atom stereocenters. The molecule has 1 fully saturated rings. The normalized spacial score (nSPS) is 26.2. The van der Waals surface area contributed by atoms with Crippen LogP contribution in [0.4, 0.5) is 0 Å². The number of carbonyl (C=O) groups is 2. The molecule has 0 saturated heterocycles. The Bertz CT molecular complexity index is 323. The fraction of sp³-hybridized carbons (Fsp3) is 0.867. The van der Waals surface area contributed by atoms with Crippen molar-refractivity contribution in [3.05, 3.63) is 0 Å². The van der Waals surface area contributed by atoms with Crippen LogP contribution < -0.4 is 11.1 Å². The van der Waals surface area contributed by atoms with Crippen LogP contribution in [0.2, 0.25) is 0 Å². The summed E-state index contributed by atoms with van der Waals surface area (Å²) in [5.41, 5.74) is 4.38. The molecule has 0 heterocycles. The molecule has 0 aromatic rings. The van der Waals surface area contributed by atoms with E-state index in [9.17, 15) is 14.7 Å². The summed E-state index contributed by atoms with van der Waals surface area (Å²) in [5.74, 6) is -0.466. The maximum atomic E-state index is 11.9. The predicted molar refractivity (Wildman–Crippen MR) is 78.3 cm³/mol. The molecule has 0 aromatic carbocycles. The topological polar surface area (TPSA) is 92.4 Å². The Labute approximate surface area is 121 Å². The lowest BCUT2D eigenvalue weighted by atomic mass is 9.77. The third kappa shape index (κ3) is 5.12. The zero-order valence-electron chi connectivity index (χ0n) is 12.5. The quantitative estimate of drug-likeness (QED) is 0.595. The van der Waals surface area contributed by atoms with Crippen LogP contribution in [0, 0.1) is 5.92 Å². The number of carboxylic acids is 1. The highest BCUT2D eigenvalue weighted by molar-refractivity contribution is 5.87. The Morgan fingerprint density at radius 3 is 2.35 bits per heavy atom. The van der Waals surface area contributed by atoms with Crippen molar-refractivity contribution < 1.29 is 14.7 Å². The second kappa shape index (κ2) is 8.25. The average molecular weight is 284 g/mol. The molecule has 20 heavy (non-hydrogen) atoms. The lowest BCUT2D eigenvalue weighted by molar-refractivity contribution is -0.149. The van der Waals surface area contributed by atoms with Crippen LogP contribution in [0.5, 0.6) is 0 Å². The summed E-state index contributed by atoms with van der Waals surface area (Å²) in [6.07, 6.45) is 7.02. The van der Waals surface area contributed by atoms with Crippen molar-refractivity contribution in [1.82, 2.24) is 5.32 Å². The van der Waals surface area contributed by atoms with Crippen molar-refractivity contribution in [1.29, 1.82) is 0 Å². The Balaban J connectivity index is 2.38. The number of carbonyl (C=O) groups excluding carboxylic acids is 1. The molecule has 0 atom stereocenters. The van der Waals surface area contributed by atoms with Crippen molar-refractivity contribution in [3.63, 3.8) is 0 Å². The van der Waals surface area contributed by atoms with Crippen LogP contribution >= 0.6 is 0 Å². The second-order valence-electron chi connectivity index (χ2n) is 6.07. The van der Waals surface area contributed by atoms with E-state index in [-0.39, 0.29) is 5.91 Å². The molecule has 0 aliphatic heterocycles. The van der Waals surface area contributed by atoms with Crippen molar-refractivity contribution in [2.24, 2.45) is 11.7 Å². The van der Waals surface area contributed by atoms with E-state index in [1.54, 1.807) is 0 Å². The first-order valence-corrected chi connectivity index (χ1v) is 7.74. The molecule has 0 aromatic heterocycles. The van der Waals surface area contributed by atoms with Gasteiger partial charge in [-0.15, -0.1) is 0 Å². The summed E-state index contributed by atoms with van der Waals surface area (Å²) in [6, 6.07) is 0. The van der Waals surface area contributed by atoms with E-state index < -0.39 is 11.5 Å². The van der Waals surface area contributed by atoms with E-state index in [2.05, 4.69) is 12.2 Å². The van der Waals surface area contributed by atoms with Crippen LogP contribution in [-0.4, -0.2) is 29.1 Å². The van der Waals surface area contributed by atoms with Crippen LogP contribution in [0.25, 0.3) is 0 Å². The third-order valence-electron chi connectivity index (χ3n) is 4.27. The third-order valence-corrected chi connectivity index (χ3v) is 4.27. The maximum absolute atomic E-state index is 11.9. The van der Waals surface area contributed by atoms with E-state index in [1.165, 1.54) is 0 Å². The predicted octanol–water partition coefficient (Wildman–Crippen LogP) is 2.05. The summed E-state index contributed by atoms with van der Waals surface area (Å²) in [5, 5.41) is 12.2. The fourth-order valence-electron chi connectivity index (χ4n) is 2.76. The van der Waals surface area contributed by atoms with Crippen LogP contribution in [0.15, 0.2) is 0 Å². The fourth-order valence-corrected chi connectivity index (χ4v) is 2.76. The Morgan fingerprint density at radius 1 is 1.20 bits per heavy atom. The number of hydrogen-bond donors (Lipinski definition) is 3. The molecule has 1 aliphatic rings. The van der Waals surface area contributed by atoms with Gasteiger partial charge in [-0.2, -0.15) is 0 Å². The second-order valence-corrected chi connectivity index (χ2v) is 6.07. The van der Waals surface area contributed by atoms with Gasteiger partial charge in [0.15, 0.2) is 0 Å². The van der Waals surface area contributed by atoms with Gasteiger partial charge in [-0.25, -0.2) is 4.79 Å². The first kappa shape index (κ1) is 17.0. The molecular formula is C15H28N2O3. The molecule has 1 rings (SSSR count). The van der Waals surface area contributed by atoms with Gasteiger partial charge in [0.2, 0.25) is 5.91 Å². The maximum Gasteiger partial charge on any atom is 0.329 e. The molecule has 0 spiro atoms. The summed E-state index contributed by atoms with van der Waals surface area (Å²) in [7, 11) is 0. The number of unbranched alkanes of at least 4 members (excludes halogenated alkanes) is 3. The van der Waals surface area contributed by atoms with Crippen molar-refractivity contribution in [2.45, 2.75) is 70.3 Å². The summed E-state index contributed by atoms with van der Waals surface area (Å²) in [6.45, 7) is 2.82. The number of carboxylic acid groups (broad SMARTS) is 1. The number of nitrogens with two attached hydrogens (primary N) is 1. The summed E-state index contributed by atoms with van der Waals surface area (Å²) < 4.78 is 0. The van der Waals surface area contributed by atoms with Gasteiger partial charge in [-0.3, -0.25) is 4.79 Å². The van der Waals surface area contributed by atoms with E-state index in [4.69, 9.17) is 5.73 Å². The van der Waals surface area contributed by atoms with Crippen molar-refractivity contribution >= 4 is 11.9 Å². The van der Waals surface area contributed by atoms with Crippen LogP contribution in [-0.2, 0) is 9.59 Å². The SMILES string of the molecule is CC1CCC(NC(=O)CCCCCCN)(C(=O)O)CC1. The molecule has 4 N–H and O–H groups in total. The first-order valence-electron chi connectivity index (χ1n) is 7.74. The highest BCUT2D eigenvalue weighted by atomic mass is 16.4. The van der Waals surface area contributed by atoms with Gasteiger partial charge in [-0.1, -0.05) is 19.8 Å². The lowest BCUT2D eigenvalue weighted by Gasteiger charge is -2.36. The Kier molecular flexibility index (Phi) is 6.99. The summed E-state index contributed by atoms with van der Waals surface area (Å²) in [4.78, 5) is 23.4. The van der Waals surface area contributed by atoms with Gasteiger partial charge in [0.25, 0.3) is 0 Å². The zero-order valence-corrected chi connectivity index (χ0v) is 12.5. The first-order chi connectivity index (χ1) is 9.50. The van der Waals surface area contributed by atoms with E-state index >= 15 is 0 Å². The largest absolute Gasteiger partial charge is 0.480 e. The van der Waals surface area contributed by atoms with Crippen LogP contribution in [0.3, 0.4) is 0 Å². The smallest absolute Gasteiger partial charge is 0.329 e.